The minimum absolute atomic E-state index is 0.785. The Hall–Kier alpha value is -1.63. The third kappa shape index (κ3) is 4.96. The number of nitrogens with one attached hydrogen (secondary N) is 1. The first kappa shape index (κ1) is 13.4. The van der Waals surface area contributed by atoms with Crippen molar-refractivity contribution in [3.63, 3.8) is 0 Å². The Balaban J connectivity index is 4.10. The molecule has 3 N–H and O–H groups in total. The molecule has 0 rings (SSSR count). The normalized spacial score (nSPS) is 13.6. The second-order valence-corrected chi connectivity index (χ2v) is 2.89. The highest BCUT2D eigenvalue weighted by atomic mass is 16.6. The molecule has 2 atom stereocenters. The minimum Gasteiger partial charge on any atom is -0.453 e. The van der Waals surface area contributed by atoms with Crippen LogP contribution in [0.25, 0.3) is 0 Å². The Morgan fingerprint density at radius 2 is 1.73 bits per heavy atom. The summed E-state index contributed by atoms with van der Waals surface area (Å²) in [6.07, 6.45) is -0.785. The Labute approximate surface area is 86.9 Å². The van der Waals surface area contributed by atoms with Gasteiger partial charge in [0.15, 0.2) is 0 Å². The van der Waals surface area contributed by atoms with Crippen molar-refractivity contribution in [1.82, 2.24) is 5.32 Å². The number of hydrogen-bond donors (Lipinski definition) is 2. The van der Waals surface area contributed by atoms with Gasteiger partial charge in [-0.3, -0.25) is 0 Å². The summed E-state index contributed by atoms with van der Waals surface area (Å²) in [5.74, 6) is -1.73. The predicted octanol–water partition coefficient (Wildman–Crippen LogP) is -0.852. The first-order valence-corrected chi connectivity index (χ1v) is 4.24. The van der Waals surface area contributed by atoms with Gasteiger partial charge < -0.3 is 20.5 Å². The van der Waals surface area contributed by atoms with Crippen molar-refractivity contribution in [3.8, 4) is 0 Å². The van der Waals surface area contributed by atoms with Gasteiger partial charge in [0.2, 0.25) is 0 Å². The fourth-order valence-corrected chi connectivity index (χ4v) is 0.575. The largest absolute Gasteiger partial charge is 0.453 e. The van der Waals surface area contributed by atoms with E-state index in [4.69, 9.17) is 5.73 Å². The van der Waals surface area contributed by atoms with E-state index in [9.17, 15) is 14.4 Å². The van der Waals surface area contributed by atoms with Crippen LogP contribution in [0.5, 0.6) is 0 Å². The lowest BCUT2D eigenvalue weighted by Crippen LogP contribution is -2.42. The smallest absolute Gasteiger partial charge is 0.407 e. The summed E-state index contributed by atoms with van der Waals surface area (Å²) in [5, 5.41) is 2.14. The molecule has 15 heavy (non-hydrogen) atoms. The van der Waals surface area contributed by atoms with E-state index in [1.54, 1.807) is 0 Å². The van der Waals surface area contributed by atoms with Gasteiger partial charge in [-0.05, 0) is 13.8 Å². The molecule has 0 radical (unpaired) electrons. The summed E-state index contributed by atoms with van der Waals surface area (Å²) in [7, 11) is 1.15. The molecule has 0 aromatic heterocycles. The zero-order valence-electron chi connectivity index (χ0n) is 8.77. The summed E-state index contributed by atoms with van der Waals surface area (Å²) < 4.78 is 8.60. The molecule has 0 aliphatic carbocycles. The van der Waals surface area contributed by atoms with Gasteiger partial charge in [0.05, 0.1) is 7.11 Å². The number of esters is 2. The van der Waals surface area contributed by atoms with Crippen molar-refractivity contribution >= 4 is 18.0 Å². The third-order valence-corrected chi connectivity index (χ3v) is 1.45. The van der Waals surface area contributed by atoms with Crippen LogP contribution in [-0.4, -0.2) is 37.2 Å². The highest BCUT2D eigenvalue weighted by Gasteiger charge is 2.21. The quantitative estimate of drug-likeness (QED) is 0.471. The maximum atomic E-state index is 11.1. The number of rotatable bonds is 3. The standard InChI is InChI=1S/C8H14N2O5/c1-4(9)6(11)15-7(12)5(2)10-8(13)14-3/h4-5H,9H2,1-3H3,(H,10,13)/t4-,5-/m0/s1. The van der Waals surface area contributed by atoms with E-state index in [-0.39, 0.29) is 0 Å². The molecule has 0 heterocycles. The number of nitrogens with two attached hydrogens (primary N) is 1. The average molecular weight is 218 g/mol. The number of methoxy groups -OCH3 is 1. The minimum atomic E-state index is -0.972. The van der Waals surface area contributed by atoms with E-state index in [2.05, 4.69) is 14.8 Å². The van der Waals surface area contributed by atoms with E-state index < -0.39 is 30.1 Å². The van der Waals surface area contributed by atoms with Gasteiger partial charge in [-0.2, -0.15) is 0 Å². The third-order valence-electron chi connectivity index (χ3n) is 1.45. The Kier molecular flexibility index (Phi) is 5.32. The van der Waals surface area contributed by atoms with Crippen LogP contribution < -0.4 is 11.1 Å². The zero-order chi connectivity index (χ0) is 12.0. The fraction of sp³-hybridized carbons (Fsp3) is 0.625. The van der Waals surface area contributed by atoms with Crippen LogP contribution in [0.2, 0.25) is 0 Å². The molecule has 0 aliphatic heterocycles. The Bertz CT molecular complexity index is 264. The molecule has 86 valence electrons. The number of alkyl carbamates (subject to hydrolysis) is 1. The van der Waals surface area contributed by atoms with E-state index in [0.717, 1.165) is 7.11 Å². The molecule has 0 saturated heterocycles. The van der Waals surface area contributed by atoms with Crippen molar-refractivity contribution < 1.29 is 23.9 Å². The van der Waals surface area contributed by atoms with Crippen LogP contribution in [0, 0.1) is 0 Å². The molecular weight excluding hydrogens is 204 g/mol. The molecule has 7 heteroatoms. The lowest BCUT2D eigenvalue weighted by Gasteiger charge is -2.12. The van der Waals surface area contributed by atoms with E-state index in [1.165, 1.54) is 13.8 Å². The molecule has 7 nitrogen and oxygen atoms in total. The number of ether oxygens (including phenoxy) is 2. The number of carbonyl (C=O) groups excluding carboxylic acids is 3. The van der Waals surface area contributed by atoms with Crippen LogP contribution >= 0.6 is 0 Å². The maximum Gasteiger partial charge on any atom is 0.407 e. The summed E-state index contributed by atoms with van der Waals surface area (Å²) in [6.45, 7) is 2.74. The molecule has 0 aliphatic rings. The van der Waals surface area contributed by atoms with Crippen LogP contribution in [0.4, 0.5) is 4.79 Å². The second-order valence-electron chi connectivity index (χ2n) is 2.89. The van der Waals surface area contributed by atoms with Crippen molar-refractivity contribution in [2.24, 2.45) is 5.73 Å². The van der Waals surface area contributed by atoms with Crippen LogP contribution in [-0.2, 0) is 19.1 Å². The Morgan fingerprint density at radius 3 is 2.13 bits per heavy atom. The van der Waals surface area contributed by atoms with E-state index >= 15 is 0 Å². The second kappa shape index (κ2) is 5.97. The van der Waals surface area contributed by atoms with Crippen molar-refractivity contribution in [1.29, 1.82) is 0 Å². The van der Waals surface area contributed by atoms with Gasteiger partial charge in [0.1, 0.15) is 12.1 Å². The average Bonchev–Trinajstić information content (AvgIpc) is 2.16. The van der Waals surface area contributed by atoms with Crippen molar-refractivity contribution in [3.05, 3.63) is 0 Å². The van der Waals surface area contributed by atoms with Crippen LogP contribution in [0.15, 0.2) is 0 Å². The lowest BCUT2D eigenvalue weighted by molar-refractivity contribution is -0.161. The Morgan fingerprint density at radius 1 is 1.20 bits per heavy atom. The number of carbonyl (C=O) groups is 3. The van der Waals surface area contributed by atoms with Crippen molar-refractivity contribution in [2.45, 2.75) is 25.9 Å². The predicted molar refractivity (Wildman–Crippen MR) is 49.8 cm³/mol. The molecule has 0 saturated carbocycles. The monoisotopic (exact) mass is 218 g/mol. The van der Waals surface area contributed by atoms with Gasteiger partial charge >= 0.3 is 18.0 Å². The molecule has 0 spiro atoms. The summed E-state index contributed by atoms with van der Waals surface area (Å²) >= 11 is 0. The first-order valence-electron chi connectivity index (χ1n) is 4.24. The van der Waals surface area contributed by atoms with Crippen molar-refractivity contribution in [2.75, 3.05) is 7.11 Å². The zero-order valence-corrected chi connectivity index (χ0v) is 8.77. The van der Waals surface area contributed by atoms with Crippen LogP contribution in [0.3, 0.4) is 0 Å². The van der Waals surface area contributed by atoms with Gasteiger partial charge in [-0.1, -0.05) is 0 Å². The summed E-state index contributed by atoms with van der Waals surface area (Å²) in [6, 6.07) is -1.86. The highest BCUT2D eigenvalue weighted by molar-refractivity contribution is 5.91. The first-order chi connectivity index (χ1) is 6.88. The van der Waals surface area contributed by atoms with Gasteiger partial charge in [-0.25, -0.2) is 14.4 Å². The van der Waals surface area contributed by atoms with Gasteiger partial charge in [0, 0.05) is 0 Å². The maximum absolute atomic E-state index is 11.1. The van der Waals surface area contributed by atoms with Gasteiger partial charge in [0.25, 0.3) is 0 Å². The molecule has 0 aromatic carbocycles. The molecule has 0 bridgehead atoms. The van der Waals surface area contributed by atoms with Crippen LogP contribution in [0.1, 0.15) is 13.8 Å². The SMILES string of the molecule is COC(=O)N[C@@H](C)C(=O)OC(=O)[C@H](C)N. The summed E-state index contributed by atoms with van der Waals surface area (Å²) in [5.41, 5.74) is 5.17. The topological polar surface area (TPSA) is 108 Å². The number of amides is 1. The van der Waals surface area contributed by atoms with Gasteiger partial charge in [-0.15, -0.1) is 0 Å². The highest BCUT2D eigenvalue weighted by Crippen LogP contribution is 1.92. The molecule has 0 aromatic rings. The lowest BCUT2D eigenvalue weighted by atomic mass is 10.3. The molecular formula is C8H14N2O5. The number of hydrogen-bond acceptors (Lipinski definition) is 6. The van der Waals surface area contributed by atoms with E-state index in [1.807, 2.05) is 0 Å². The van der Waals surface area contributed by atoms with E-state index in [0.29, 0.717) is 0 Å². The molecule has 0 unspecified atom stereocenters. The fourth-order valence-electron chi connectivity index (χ4n) is 0.575. The molecule has 0 fully saturated rings. The molecule has 1 amide bonds. The summed E-state index contributed by atoms with van der Waals surface area (Å²) in [4.78, 5) is 32.7.